The van der Waals surface area contributed by atoms with Crippen molar-refractivity contribution in [2.24, 2.45) is 4.99 Å². The molecule has 6 rings (SSSR count). The molecule has 0 bridgehead atoms. The molecule has 0 amide bonds. The number of aryl methyl sites for hydroxylation is 2. The second kappa shape index (κ2) is 8.02. The van der Waals surface area contributed by atoms with Crippen molar-refractivity contribution in [2.45, 2.75) is 45.2 Å². The third-order valence-electron chi connectivity index (χ3n) is 6.39. The van der Waals surface area contributed by atoms with Crippen LogP contribution in [0.4, 0.5) is 5.82 Å². The Morgan fingerprint density at radius 1 is 1.18 bits per heavy atom. The molecule has 0 radical (unpaired) electrons. The average Bonchev–Trinajstić information content (AvgIpc) is 3.56. The van der Waals surface area contributed by atoms with E-state index in [1.54, 1.807) is 25.2 Å². The number of hydrogen-bond donors (Lipinski definition) is 1. The van der Waals surface area contributed by atoms with Gasteiger partial charge in [-0.05, 0) is 44.7 Å². The van der Waals surface area contributed by atoms with Crippen LogP contribution in [-0.4, -0.2) is 54.6 Å². The van der Waals surface area contributed by atoms with Gasteiger partial charge in [-0.15, -0.1) is 0 Å². The molecule has 3 aliphatic rings. The summed E-state index contributed by atoms with van der Waals surface area (Å²) in [5, 5.41) is 14.2. The number of pyridine rings is 1. The molecule has 10 heteroatoms. The van der Waals surface area contributed by atoms with Gasteiger partial charge in [-0.2, -0.15) is 5.10 Å². The van der Waals surface area contributed by atoms with Crippen molar-refractivity contribution in [3.63, 3.8) is 0 Å². The van der Waals surface area contributed by atoms with E-state index >= 15 is 0 Å². The van der Waals surface area contributed by atoms with Crippen LogP contribution in [0.3, 0.4) is 0 Å². The molecule has 0 spiro atoms. The van der Waals surface area contributed by atoms with Gasteiger partial charge in [0.15, 0.2) is 5.17 Å². The maximum Gasteiger partial charge on any atom is 0.238 e. The van der Waals surface area contributed by atoms with E-state index in [1.165, 1.54) is 24.1 Å². The fraction of sp³-hybridized carbons (Fsp3) is 0.435. The fourth-order valence-electron chi connectivity index (χ4n) is 4.85. The molecule has 9 nitrogen and oxygen atoms in total. The number of anilines is 1. The standard InChI is InChI=1S/C23H26N8OS/c1-14-9-29(13-25-14)20-8-7-18(26-21(20)32-2)19-12-33-23(27-19)30-10-15(24)11-31-22(30)16-5-3-4-6-17(16)28-31/h7-9,13,19,24H,3-6,10-12H2,1-2H3. The van der Waals surface area contributed by atoms with Crippen molar-refractivity contribution >= 4 is 28.5 Å². The van der Waals surface area contributed by atoms with Crippen molar-refractivity contribution in [1.82, 2.24) is 24.3 Å². The van der Waals surface area contributed by atoms with Crippen LogP contribution in [0, 0.1) is 12.3 Å². The minimum absolute atomic E-state index is 0.0548. The molecule has 170 valence electrons. The van der Waals surface area contributed by atoms with Gasteiger partial charge < -0.3 is 14.7 Å². The van der Waals surface area contributed by atoms with E-state index in [1.807, 2.05) is 34.5 Å². The highest BCUT2D eigenvalue weighted by molar-refractivity contribution is 8.14. The number of fused-ring (bicyclic) bond motifs is 3. The molecule has 1 N–H and O–H groups in total. The molecular formula is C23H26N8OS. The Labute approximate surface area is 196 Å². The first-order valence-electron chi connectivity index (χ1n) is 11.3. The maximum absolute atomic E-state index is 8.39. The Kier molecular flexibility index (Phi) is 4.97. The average molecular weight is 463 g/mol. The predicted octanol–water partition coefficient (Wildman–Crippen LogP) is 3.34. The van der Waals surface area contributed by atoms with E-state index < -0.39 is 0 Å². The Hall–Kier alpha value is -3.14. The highest BCUT2D eigenvalue weighted by Crippen LogP contribution is 2.38. The Balaban J connectivity index is 1.32. The fourth-order valence-corrected chi connectivity index (χ4v) is 5.91. The first-order valence-corrected chi connectivity index (χ1v) is 12.3. The Morgan fingerprint density at radius 3 is 2.88 bits per heavy atom. The number of thioether (sulfide) groups is 1. The molecule has 1 atom stereocenters. The van der Waals surface area contributed by atoms with Crippen molar-refractivity contribution in [3.05, 3.63) is 47.3 Å². The predicted molar refractivity (Wildman–Crippen MR) is 129 cm³/mol. The summed E-state index contributed by atoms with van der Waals surface area (Å²) in [4.78, 5) is 16.4. The number of rotatable bonds is 3. The zero-order valence-corrected chi connectivity index (χ0v) is 19.6. The molecule has 0 saturated carbocycles. The summed E-state index contributed by atoms with van der Waals surface area (Å²) in [6.07, 6.45) is 8.21. The summed E-state index contributed by atoms with van der Waals surface area (Å²) < 4.78 is 9.54. The van der Waals surface area contributed by atoms with E-state index in [0.29, 0.717) is 24.7 Å². The number of nitrogens with one attached hydrogen (secondary N) is 1. The summed E-state index contributed by atoms with van der Waals surface area (Å²) in [6.45, 7) is 3.11. The van der Waals surface area contributed by atoms with E-state index in [4.69, 9.17) is 25.2 Å². The number of ether oxygens (including phenoxy) is 1. The van der Waals surface area contributed by atoms with Crippen LogP contribution in [0.15, 0.2) is 29.6 Å². The smallest absolute Gasteiger partial charge is 0.238 e. The van der Waals surface area contributed by atoms with Gasteiger partial charge >= 0.3 is 0 Å². The molecule has 33 heavy (non-hydrogen) atoms. The summed E-state index contributed by atoms with van der Waals surface area (Å²) in [5.74, 6) is 2.52. The van der Waals surface area contributed by atoms with Crippen LogP contribution in [0.5, 0.6) is 5.88 Å². The summed E-state index contributed by atoms with van der Waals surface area (Å²) in [6, 6.07) is 3.98. The monoisotopic (exact) mass is 462 g/mol. The quantitative estimate of drug-likeness (QED) is 0.641. The molecule has 1 aliphatic carbocycles. The minimum Gasteiger partial charge on any atom is -0.479 e. The topological polar surface area (TPSA) is 97.2 Å². The van der Waals surface area contributed by atoms with Crippen molar-refractivity contribution in [2.75, 3.05) is 24.3 Å². The highest BCUT2D eigenvalue weighted by Gasteiger charge is 2.34. The lowest BCUT2D eigenvalue weighted by atomic mass is 9.97. The number of methoxy groups -OCH3 is 1. The van der Waals surface area contributed by atoms with Crippen molar-refractivity contribution in [3.8, 4) is 11.6 Å². The van der Waals surface area contributed by atoms with Crippen LogP contribution in [-0.2, 0) is 19.4 Å². The molecule has 1 unspecified atom stereocenters. The maximum atomic E-state index is 8.39. The zero-order chi connectivity index (χ0) is 22.5. The number of hydrogen-bond acceptors (Lipinski definition) is 8. The van der Waals surface area contributed by atoms with E-state index in [-0.39, 0.29) is 6.04 Å². The second-order valence-electron chi connectivity index (χ2n) is 8.73. The van der Waals surface area contributed by atoms with Gasteiger partial charge in [-0.3, -0.25) is 9.89 Å². The number of imidazole rings is 1. The minimum atomic E-state index is -0.0548. The van der Waals surface area contributed by atoms with E-state index in [0.717, 1.165) is 46.7 Å². The molecule has 0 aromatic carbocycles. The van der Waals surface area contributed by atoms with Crippen LogP contribution < -0.4 is 9.64 Å². The number of nitrogens with zero attached hydrogens (tertiary/aromatic N) is 7. The summed E-state index contributed by atoms with van der Waals surface area (Å²) in [5.41, 5.74) is 5.90. The molecular weight excluding hydrogens is 436 g/mol. The Bertz CT molecular complexity index is 1280. The molecule has 3 aromatic rings. The summed E-state index contributed by atoms with van der Waals surface area (Å²) >= 11 is 1.73. The normalized spacial score (nSPS) is 19.9. The molecule has 5 heterocycles. The first kappa shape index (κ1) is 20.5. The van der Waals surface area contributed by atoms with Gasteiger partial charge in [0, 0.05) is 17.5 Å². The van der Waals surface area contributed by atoms with Gasteiger partial charge in [0.05, 0.1) is 49.3 Å². The molecule has 2 aliphatic heterocycles. The van der Waals surface area contributed by atoms with Gasteiger partial charge in [0.2, 0.25) is 5.88 Å². The van der Waals surface area contributed by atoms with Crippen LogP contribution in [0.1, 0.15) is 41.5 Å². The zero-order valence-electron chi connectivity index (χ0n) is 18.8. The van der Waals surface area contributed by atoms with Crippen LogP contribution in [0.25, 0.3) is 5.69 Å². The first-order chi connectivity index (χ1) is 16.1. The lowest BCUT2D eigenvalue weighted by Gasteiger charge is -2.30. The third-order valence-corrected chi connectivity index (χ3v) is 7.46. The second-order valence-corrected chi connectivity index (χ2v) is 9.72. The van der Waals surface area contributed by atoms with E-state index in [9.17, 15) is 0 Å². The highest BCUT2D eigenvalue weighted by atomic mass is 32.2. The van der Waals surface area contributed by atoms with Crippen LogP contribution in [0.2, 0.25) is 0 Å². The number of aromatic nitrogens is 5. The molecule has 0 fully saturated rings. The third kappa shape index (κ3) is 3.52. The molecule has 0 saturated heterocycles. The van der Waals surface area contributed by atoms with Crippen molar-refractivity contribution < 1.29 is 4.74 Å². The van der Waals surface area contributed by atoms with E-state index in [2.05, 4.69) is 9.88 Å². The van der Waals surface area contributed by atoms with Gasteiger partial charge in [0.1, 0.15) is 17.5 Å². The summed E-state index contributed by atoms with van der Waals surface area (Å²) in [7, 11) is 1.64. The van der Waals surface area contributed by atoms with Gasteiger partial charge in [-0.1, -0.05) is 11.8 Å². The lowest BCUT2D eigenvalue weighted by molar-refractivity contribution is 0.393. The van der Waals surface area contributed by atoms with Gasteiger partial charge in [-0.25, -0.2) is 14.6 Å². The SMILES string of the molecule is COc1nc(C2CSC(N3CC(=N)Cn4nc5c(c43)CCCC5)=N2)ccc1-n1cnc(C)c1. The van der Waals surface area contributed by atoms with Gasteiger partial charge in [0.25, 0.3) is 0 Å². The number of aliphatic imine (C=N–C) groups is 1. The Morgan fingerprint density at radius 2 is 2.06 bits per heavy atom. The van der Waals surface area contributed by atoms with Crippen LogP contribution >= 0.6 is 11.8 Å². The number of amidine groups is 1. The lowest BCUT2D eigenvalue weighted by Crippen LogP contribution is -2.41. The van der Waals surface area contributed by atoms with Crippen molar-refractivity contribution in [1.29, 1.82) is 5.41 Å². The largest absolute Gasteiger partial charge is 0.479 e. The molecule has 3 aromatic heterocycles.